The van der Waals surface area contributed by atoms with Crippen molar-refractivity contribution in [1.29, 1.82) is 0 Å². The second-order valence-electron chi connectivity index (χ2n) is 4.64. The summed E-state index contributed by atoms with van der Waals surface area (Å²) < 4.78 is 12.4. The Morgan fingerprint density at radius 2 is 1.95 bits per heavy atom. The summed E-state index contributed by atoms with van der Waals surface area (Å²) in [6.07, 6.45) is 5.24. The Balaban J connectivity index is 1.87. The third-order valence-corrected chi connectivity index (χ3v) is 3.17. The molecule has 0 fully saturated rings. The molecule has 0 radical (unpaired) electrons. The van der Waals surface area contributed by atoms with Gasteiger partial charge in [-0.3, -0.25) is 4.79 Å². The van der Waals surface area contributed by atoms with E-state index in [4.69, 9.17) is 9.47 Å². The normalized spacial score (nSPS) is 10.2. The van der Waals surface area contributed by atoms with E-state index in [1.807, 2.05) is 24.5 Å². The molecule has 0 unspecified atom stereocenters. The number of rotatable bonds is 7. The molecule has 2 aromatic rings. The molecule has 5 nitrogen and oxygen atoms in total. The van der Waals surface area contributed by atoms with Crippen molar-refractivity contribution in [3.05, 3.63) is 42.7 Å². The number of amides is 1. The van der Waals surface area contributed by atoms with Crippen molar-refractivity contribution in [2.45, 2.75) is 19.4 Å². The van der Waals surface area contributed by atoms with Gasteiger partial charge in [0, 0.05) is 31.4 Å². The minimum Gasteiger partial charge on any atom is -0.497 e. The summed E-state index contributed by atoms with van der Waals surface area (Å²) in [4.78, 5) is 12.0. The summed E-state index contributed by atoms with van der Waals surface area (Å²) in [5, 5.41) is 2.86. The largest absolute Gasteiger partial charge is 0.497 e. The van der Waals surface area contributed by atoms with Gasteiger partial charge in [-0.2, -0.15) is 0 Å². The van der Waals surface area contributed by atoms with Crippen LogP contribution < -0.4 is 14.8 Å². The summed E-state index contributed by atoms with van der Waals surface area (Å²) in [5.41, 5.74) is 0.657. The molecule has 0 aliphatic carbocycles. The predicted molar refractivity (Wildman–Crippen MR) is 81.8 cm³/mol. The number of hydrogen-bond donors (Lipinski definition) is 1. The van der Waals surface area contributed by atoms with Gasteiger partial charge in [0.2, 0.25) is 5.91 Å². The predicted octanol–water partition coefficient (Wildman–Crippen LogP) is 2.92. The maximum Gasteiger partial charge on any atom is 0.224 e. The van der Waals surface area contributed by atoms with Gasteiger partial charge in [-0.1, -0.05) is 0 Å². The first-order valence-corrected chi connectivity index (χ1v) is 6.85. The number of methoxy groups -OCH3 is 2. The number of carbonyl (C=O) groups excluding carboxylic acids is 1. The standard InChI is InChI=1S/C16H20N2O3/c1-20-13-7-8-14(15(12-13)21-2)17-16(19)6-5-11-18-9-3-4-10-18/h3-4,7-10,12H,5-6,11H2,1-2H3,(H,17,19). The number of benzene rings is 1. The van der Waals surface area contributed by atoms with Crippen molar-refractivity contribution in [2.24, 2.45) is 0 Å². The smallest absolute Gasteiger partial charge is 0.224 e. The van der Waals surface area contributed by atoms with Gasteiger partial charge >= 0.3 is 0 Å². The number of carbonyl (C=O) groups is 1. The zero-order chi connectivity index (χ0) is 15.1. The van der Waals surface area contributed by atoms with Crippen molar-refractivity contribution in [1.82, 2.24) is 4.57 Å². The lowest BCUT2D eigenvalue weighted by atomic mass is 10.2. The first-order valence-electron chi connectivity index (χ1n) is 6.85. The van der Waals surface area contributed by atoms with Gasteiger partial charge in [0.15, 0.2) is 0 Å². The van der Waals surface area contributed by atoms with E-state index < -0.39 is 0 Å². The minimum atomic E-state index is -0.0226. The summed E-state index contributed by atoms with van der Waals surface area (Å²) in [5.74, 6) is 1.26. The van der Waals surface area contributed by atoms with Crippen LogP contribution in [0.2, 0.25) is 0 Å². The Morgan fingerprint density at radius 1 is 1.19 bits per heavy atom. The SMILES string of the molecule is COc1ccc(NC(=O)CCCn2cccc2)c(OC)c1. The fourth-order valence-corrected chi connectivity index (χ4v) is 2.06. The Hall–Kier alpha value is -2.43. The van der Waals surface area contributed by atoms with Crippen LogP contribution in [0.5, 0.6) is 11.5 Å². The van der Waals surface area contributed by atoms with E-state index in [9.17, 15) is 4.79 Å². The van der Waals surface area contributed by atoms with Crippen molar-refractivity contribution in [3.8, 4) is 11.5 Å². The lowest BCUT2D eigenvalue weighted by Crippen LogP contribution is -2.13. The van der Waals surface area contributed by atoms with Gasteiger partial charge in [-0.15, -0.1) is 0 Å². The molecule has 21 heavy (non-hydrogen) atoms. The molecule has 0 aliphatic rings. The molecule has 0 bridgehead atoms. The third kappa shape index (κ3) is 4.27. The molecule has 1 amide bonds. The van der Waals surface area contributed by atoms with Crippen molar-refractivity contribution >= 4 is 11.6 Å². The van der Waals surface area contributed by atoms with Gasteiger partial charge in [-0.05, 0) is 30.7 Å². The molecule has 0 atom stereocenters. The molecular weight excluding hydrogens is 268 g/mol. The summed E-state index contributed by atoms with van der Waals surface area (Å²) >= 11 is 0. The summed E-state index contributed by atoms with van der Waals surface area (Å²) in [6.45, 7) is 0.833. The Bertz CT molecular complexity index is 579. The fraction of sp³-hybridized carbons (Fsp3) is 0.312. The van der Waals surface area contributed by atoms with Gasteiger partial charge < -0.3 is 19.4 Å². The van der Waals surface area contributed by atoms with Gasteiger partial charge in [0.1, 0.15) is 11.5 Å². The quantitative estimate of drug-likeness (QED) is 0.852. The van der Waals surface area contributed by atoms with E-state index in [1.165, 1.54) is 0 Å². The first kappa shape index (κ1) is 15.0. The van der Waals surface area contributed by atoms with Crippen LogP contribution in [0.3, 0.4) is 0 Å². The minimum absolute atomic E-state index is 0.0226. The molecule has 0 saturated carbocycles. The second-order valence-corrected chi connectivity index (χ2v) is 4.64. The highest BCUT2D eigenvalue weighted by molar-refractivity contribution is 5.92. The highest BCUT2D eigenvalue weighted by atomic mass is 16.5. The van der Waals surface area contributed by atoms with Crippen LogP contribution in [0.15, 0.2) is 42.7 Å². The maximum atomic E-state index is 12.0. The van der Waals surface area contributed by atoms with E-state index in [0.717, 1.165) is 13.0 Å². The van der Waals surface area contributed by atoms with Crippen LogP contribution >= 0.6 is 0 Å². The number of ether oxygens (including phenoxy) is 2. The van der Waals surface area contributed by atoms with E-state index in [-0.39, 0.29) is 5.91 Å². The summed E-state index contributed by atoms with van der Waals surface area (Å²) in [6, 6.07) is 9.26. The molecule has 1 heterocycles. The maximum absolute atomic E-state index is 12.0. The van der Waals surface area contributed by atoms with E-state index in [0.29, 0.717) is 23.6 Å². The number of nitrogens with zero attached hydrogens (tertiary/aromatic N) is 1. The molecular formula is C16H20N2O3. The van der Waals surface area contributed by atoms with Crippen molar-refractivity contribution < 1.29 is 14.3 Å². The van der Waals surface area contributed by atoms with Gasteiger partial charge in [0.05, 0.1) is 19.9 Å². The molecule has 1 N–H and O–H groups in total. The van der Waals surface area contributed by atoms with Crippen LogP contribution in [0.25, 0.3) is 0 Å². The van der Waals surface area contributed by atoms with E-state index in [2.05, 4.69) is 9.88 Å². The third-order valence-electron chi connectivity index (χ3n) is 3.17. The summed E-state index contributed by atoms with van der Waals surface area (Å²) in [7, 11) is 3.16. The Kier molecular flexibility index (Phi) is 5.26. The first-order chi connectivity index (χ1) is 10.2. The molecule has 1 aromatic carbocycles. The monoisotopic (exact) mass is 288 g/mol. The lowest BCUT2D eigenvalue weighted by molar-refractivity contribution is -0.116. The highest BCUT2D eigenvalue weighted by Gasteiger charge is 2.08. The lowest BCUT2D eigenvalue weighted by Gasteiger charge is -2.11. The zero-order valence-electron chi connectivity index (χ0n) is 12.3. The molecule has 0 spiro atoms. The van der Waals surface area contributed by atoms with E-state index >= 15 is 0 Å². The van der Waals surface area contributed by atoms with Gasteiger partial charge in [0.25, 0.3) is 0 Å². The molecule has 0 aliphatic heterocycles. The average molecular weight is 288 g/mol. The molecule has 2 rings (SSSR count). The van der Waals surface area contributed by atoms with Crippen molar-refractivity contribution in [3.63, 3.8) is 0 Å². The number of hydrogen-bond acceptors (Lipinski definition) is 3. The van der Waals surface area contributed by atoms with Crippen LogP contribution in [-0.4, -0.2) is 24.7 Å². The number of nitrogens with one attached hydrogen (secondary N) is 1. The van der Waals surface area contributed by atoms with Crippen LogP contribution in [0.1, 0.15) is 12.8 Å². The zero-order valence-corrected chi connectivity index (χ0v) is 12.3. The molecule has 0 saturated heterocycles. The molecule has 112 valence electrons. The number of aromatic nitrogens is 1. The fourth-order valence-electron chi connectivity index (χ4n) is 2.06. The average Bonchev–Trinajstić information content (AvgIpc) is 3.01. The number of anilines is 1. The Morgan fingerprint density at radius 3 is 2.62 bits per heavy atom. The van der Waals surface area contributed by atoms with Gasteiger partial charge in [-0.25, -0.2) is 0 Å². The van der Waals surface area contributed by atoms with E-state index in [1.54, 1.807) is 32.4 Å². The topological polar surface area (TPSA) is 52.5 Å². The second kappa shape index (κ2) is 7.38. The Labute approximate surface area is 124 Å². The van der Waals surface area contributed by atoms with Crippen LogP contribution in [-0.2, 0) is 11.3 Å². The molecule has 5 heteroatoms. The van der Waals surface area contributed by atoms with Crippen molar-refractivity contribution in [2.75, 3.05) is 19.5 Å². The number of aryl methyl sites for hydroxylation is 1. The van der Waals surface area contributed by atoms with Crippen LogP contribution in [0.4, 0.5) is 5.69 Å². The molecule has 1 aromatic heterocycles. The highest BCUT2D eigenvalue weighted by Crippen LogP contribution is 2.29. The van der Waals surface area contributed by atoms with Crippen LogP contribution in [0, 0.1) is 0 Å².